The number of aryl methyl sites for hydroxylation is 1. The number of rotatable bonds is 6. The lowest BCUT2D eigenvalue weighted by atomic mass is 9.82. The van der Waals surface area contributed by atoms with Crippen LogP contribution in [0.4, 0.5) is 15.8 Å². The van der Waals surface area contributed by atoms with Crippen molar-refractivity contribution in [3.05, 3.63) is 83.7 Å². The van der Waals surface area contributed by atoms with E-state index in [1.165, 1.54) is 11.0 Å². The van der Waals surface area contributed by atoms with Gasteiger partial charge >= 0.3 is 0 Å². The molecular formula is C28H29FN2O4. The molecule has 3 aromatic carbocycles. The van der Waals surface area contributed by atoms with Crippen molar-refractivity contribution in [2.45, 2.75) is 25.8 Å². The third-order valence-corrected chi connectivity index (χ3v) is 6.52. The van der Waals surface area contributed by atoms with Gasteiger partial charge in [0, 0.05) is 19.2 Å². The molecule has 1 heterocycles. The highest BCUT2D eigenvalue weighted by Crippen LogP contribution is 2.43. The molecule has 0 aliphatic carbocycles. The molecule has 1 saturated heterocycles. The van der Waals surface area contributed by atoms with Gasteiger partial charge in [0.15, 0.2) is 11.5 Å². The lowest BCUT2D eigenvalue weighted by Crippen LogP contribution is -2.49. The molecule has 1 fully saturated rings. The molecule has 0 saturated carbocycles. The molecule has 2 unspecified atom stereocenters. The Balaban J connectivity index is 1.83. The van der Waals surface area contributed by atoms with Gasteiger partial charge in [0.05, 0.1) is 31.9 Å². The van der Waals surface area contributed by atoms with Gasteiger partial charge in [-0.25, -0.2) is 4.39 Å². The molecule has 0 radical (unpaired) electrons. The molecule has 35 heavy (non-hydrogen) atoms. The number of hydrogen-bond acceptors (Lipinski definition) is 4. The average molecular weight is 477 g/mol. The van der Waals surface area contributed by atoms with E-state index in [4.69, 9.17) is 9.47 Å². The van der Waals surface area contributed by atoms with Crippen molar-refractivity contribution in [3.63, 3.8) is 0 Å². The molecule has 3 aromatic rings. The second-order valence-corrected chi connectivity index (χ2v) is 8.65. The quantitative estimate of drug-likeness (QED) is 0.485. The number of carbonyl (C=O) groups is 2. The Morgan fingerprint density at radius 3 is 2.34 bits per heavy atom. The summed E-state index contributed by atoms with van der Waals surface area (Å²) in [6.45, 7) is 1.98. The summed E-state index contributed by atoms with van der Waals surface area (Å²) in [6.07, 6.45) is 0.553. The highest BCUT2D eigenvalue weighted by molar-refractivity contribution is 6.01. The van der Waals surface area contributed by atoms with Gasteiger partial charge in [0.25, 0.3) is 0 Å². The highest BCUT2D eigenvalue weighted by atomic mass is 19.1. The Kier molecular flexibility index (Phi) is 7.05. The van der Waals surface area contributed by atoms with Gasteiger partial charge in [-0.05, 0) is 55.3 Å². The van der Waals surface area contributed by atoms with E-state index in [1.807, 2.05) is 37.3 Å². The molecule has 7 heteroatoms. The van der Waals surface area contributed by atoms with Crippen LogP contribution in [0.1, 0.15) is 30.0 Å². The highest BCUT2D eigenvalue weighted by Gasteiger charge is 2.43. The van der Waals surface area contributed by atoms with Gasteiger partial charge in [-0.15, -0.1) is 0 Å². The lowest BCUT2D eigenvalue weighted by Gasteiger charge is -2.42. The summed E-state index contributed by atoms with van der Waals surface area (Å²) in [5, 5.41) is 0. The predicted molar refractivity (Wildman–Crippen MR) is 133 cm³/mol. The second kappa shape index (κ2) is 10.2. The molecular weight excluding hydrogens is 447 g/mol. The predicted octanol–water partition coefficient (Wildman–Crippen LogP) is 5.30. The number of carbonyl (C=O) groups excluding carboxylic acids is 2. The van der Waals surface area contributed by atoms with Crippen molar-refractivity contribution < 1.29 is 23.5 Å². The minimum absolute atomic E-state index is 0.0776. The SMILES string of the molecule is COc1ccc(C2C(C(=O)N(C)c3ccccc3F)CCC(=O)N2c2ccc(C)cc2)cc1OC. The second-order valence-electron chi connectivity index (χ2n) is 8.65. The number of methoxy groups -OCH3 is 2. The Bertz CT molecular complexity index is 1230. The molecule has 0 spiro atoms. The average Bonchev–Trinajstić information content (AvgIpc) is 2.88. The van der Waals surface area contributed by atoms with E-state index in [0.717, 1.165) is 11.1 Å². The van der Waals surface area contributed by atoms with Crippen LogP contribution < -0.4 is 19.3 Å². The fourth-order valence-electron chi connectivity index (χ4n) is 4.67. The Labute approximate surface area is 204 Å². The van der Waals surface area contributed by atoms with Crippen LogP contribution in [0, 0.1) is 18.7 Å². The van der Waals surface area contributed by atoms with E-state index in [2.05, 4.69) is 0 Å². The Morgan fingerprint density at radius 2 is 1.69 bits per heavy atom. The first-order chi connectivity index (χ1) is 16.8. The third-order valence-electron chi connectivity index (χ3n) is 6.52. The number of halogens is 1. The first-order valence-electron chi connectivity index (χ1n) is 11.5. The monoisotopic (exact) mass is 476 g/mol. The molecule has 6 nitrogen and oxygen atoms in total. The number of anilines is 2. The molecule has 0 bridgehead atoms. The minimum Gasteiger partial charge on any atom is -0.493 e. The third kappa shape index (κ3) is 4.71. The van der Waals surface area contributed by atoms with E-state index in [0.29, 0.717) is 23.6 Å². The van der Waals surface area contributed by atoms with Crippen molar-refractivity contribution in [2.75, 3.05) is 31.1 Å². The van der Waals surface area contributed by atoms with Gasteiger partial charge in [0.1, 0.15) is 5.82 Å². The van der Waals surface area contributed by atoms with Crippen LogP contribution in [0.3, 0.4) is 0 Å². The largest absolute Gasteiger partial charge is 0.493 e. The first kappa shape index (κ1) is 24.3. The van der Waals surface area contributed by atoms with Gasteiger partial charge < -0.3 is 19.3 Å². The summed E-state index contributed by atoms with van der Waals surface area (Å²) >= 11 is 0. The summed E-state index contributed by atoms with van der Waals surface area (Å²) in [4.78, 5) is 30.1. The fourth-order valence-corrected chi connectivity index (χ4v) is 4.67. The summed E-state index contributed by atoms with van der Waals surface area (Å²) in [5.74, 6) is -0.372. The number of hydrogen-bond donors (Lipinski definition) is 0. The number of piperidine rings is 1. The molecule has 0 aromatic heterocycles. The number of para-hydroxylation sites is 1. The fraction of sp³-hybridized carbons (Fsp3) is 0.286. The Morgan fingerprint density at radius 1 is 1.00 bits per heavy atom. The van der Waals surface area contributed by atoms with Crippen LogP contribution in [-0.2, 0) is 9.59 Å². The van der Waals surface area contributed by atoms with Crippen molar-refractivity contribution in [2.24, 2.45) is 5.92 Å². The van der Waals surface area contributed by atoms with Gasteiger partial charge in [-0.2, -0.15) is 0 Å². The minimum atomic E-state index is -0.611. The molecule has 2 amide bonds. The smallest absolute Gasteiger partial charge is 0.232 e. The van der Waals surface area contributed by atoms with Crippen molar-refractivity contribution in [1.82, 2.24) is 0 Å². The Hall–Kier alpha value is -3.87. The van der Waals surface area contributed by atoms with E-state index >= 15 is 0 Å². The topological polar surface area (TPSA) is 59.1 Å². The van der Waals surface area contributed by atoms with E-state index in [1.54, 1.807) is 56.5 Å². The zero-order chi connectivity index (χ0) is 25.1. The maximum Gasteiger partial charge on any atom is 0.232 e. The van der Waals surface area contributed by atoms with E-state index < -0.39 is 17.8 Å². The number of amides is 2. The van der Waals surface area contributed by atoms with Crippen LogP contribution >= 0.6 is 0 Å². The van der Waals surface area contributed by atoms with Gasteiger partial charge in [0.2, 0.25) is 11.8 Å². The van der Waals surface area contributed by atoms with Crippen LogP contribution in [0.15, 0.2) is 66.7 Å². The van der Waals surface area contributed by atoms with Crippen molar-refractivity contribution in [1.29, 1.82) is 0 Å². The molecule has 1 aliphatic rings. The number of nitrogens with zero attached hydrogens (tertiary/aromatic N) is 2. The summed E-state index contributed by atoms with van der Waals surface area (Å²) in [6, 6.07) is 18.6. The van der Waals surface area contributed by atoms with Gasteiger partial charge in [-0.1, -0.05) is 35.9 Å². The first-order valence-corrected chi connectivity index (χ1v) is 11.5. The zero-order valence-corrected chi connectivity index (χ0v) is 20.3. The lowest BCUT2D eigenvalue weighted by molar-refractivity contribution is -0.127. The van der Waals surface area contributed by atoms with Crippen molar-refractivity contribution >= 4 is 23.2 Å². The van der Waals surface area contributed by atoms with E-state index in [-0.39, 0.29) is 23.9 Å². The van der Waals surface area contributed by atoms with Crippen LogP contribution in [-0.4, -0.2) is 33.1 Å². The van der Waals surface area contributed by atoms with Crippen LogP contribution in [0.2, 0.25) is 0 Å². The summed E-state index contributed by atoms with van der Waals surface area (Å²) in [5.41, 5.74) is 2.69. The van der Waals surface area contributed by atoms with Crippen molar-refractivity contribution in [3.8, 4) is 11.5 Å². The standard InChI is InChI=1S/C28H29FN2O4/c1-18-9-12-20(13-10-18)31-26(32)16-14-21(28(33)30(2)23-8-6-5-7-22(23)29)27(31)19-11-15-24(34-3)25(17-19)35-4/h5-13,15,17,21,27H,14,16H2,1-4H3. The maximum absolute atomic E-state index is 14.5. The molecule has 4 rings (SSSR count). The molecule has 1 aliphatic heterocycles. The number of ether oxygens (including phenoxy) is 2. The normalized spacial score (nSPS) is 17.7. The van der Waals surface area contributed by atoms with E-state index in [9.17, 15) is 14.0 Å². The van der Waals surface area contributed by atoms with Crippen LogP contribution in [0.25, 0.3) is 0 Å². The molecule has 2 atom stereocenters. The summed E-state index contributed by atoms with van der Waals surface area (Å²) < 4.78 is 25.4. The van der Waals surface area contributed by atoms with Gasteiger partial charge in [-0.3, -0.25) is 9.59 Å². The maximum atomic E-state index is 14.5. The molecule has 0 N–H and O–H groups in total. The molecule has 182 valence electrons. The zero-order valence-electron chi connectivity index (χ0n) is 20.3. The summed E-state index contributed by atoms with van der Waals surface area (Å²) in [7, 11) is 4.66. The number of benzene rings is 3. The van der Waals surface area contributed by atoms with Crippen LogP contribution in [0.5, 0.6) is 11.5 Å².